The standard InChI is InChI=1S/C9H16O4/c1-2-12-9(11)5-3-4-7(10)8-6-13-8/h7-8,10H,2-6H2,1H3/t7-,8+/m1/s1. The Kier molecular flexibility index (Phi) is 4.18. The Balaban J connectivity index is 1.96. The smallest absolute Gasteiger partial charge is 0.305 e. The van der Waals surface area contributed by atoms with Crippen molar-refractivity contribution in [1.82, 2.24) is 0 Å². The van der Waals surface area contributed by atoms with Crippen molar-refractivity contribution in [2.24, 2.45) is 0 Å². The van der Waals surface area contributed by atoms with Crippen LogP contribution in [0.1, 0.15) is 26.2 Å². The normalized spacial score (nSPS) is 22.5. The van der Waals surface area contributed by atoms with E-state index in [0.717, 1.165) is 0 Å². The number of aliphatic hydroxyl groups excluding tert-OH is 1. The van der Waals surface area contributed by atoms with E-state index in [2.05, 4.69) is 0 Å². The topological polar surface area (TPSA) is 59.1 Å². The van der Waals surface area contributed by atoms with Crippen LogP contribution in [0.2, 0.25) is 0 Å². The highest BCUT2D eigenvalue weighted by Gasteiger charge is 2.30. The van der Waals surface area contributed by atoms with Crippen LogP contribution < -0.4 is 0 Å². The van der Waals surface area contributed by atoms with Gasteiger partial charge in [0.15, 0.2) is 0 Å². The van der Waals surface area contributed by atoms with Crippen molar-refractivity contribution in [1.29, 1.82) is 0 Å². The summed E-state index contributed by atoms with van der Waals surface area (Å²) < 4.78 is 9.66. The van der Waals surface area contributed by atoms with Gasteiger partial charge in [0.1, 0.15) is 6.10 Å². The third kappa shape index (κ3) is 4.24. The van der Waals surface area contributed by atoms with Gasteiger partial charge in [-0.2, -0.15) is 0 Å². The molecule has 13 heavy (non-hydrogen) atoms. The SMILES string of the molecule is CCOC(=O)CCC[C@@H](O)[C@@H]1CO1. The van der Waals surface area contributed by atoms with E-state index in [1.54, 1.807) is 6.92 Å². The predicted octanol–water partition coefficient (Wildman–Crippen LogP) is 0.479. The van der Waals surface area contributed by atoms with E-state index >= 15 is 0 Å². The Morgan fingerprint density at radius 3 is 3.00 bits per heavy atom. The Morgan fingerprint density at radius 2 is 2.46 bits per heavy atom. The number of hydrogen-bond donors (Lipinski definition) is 1. The number of rotatable bonds is 6. The molecule has 0 radical (unpaired) electrons. The molecular formula is C9H16O4. The van der Waals surface area contributed by atoms with E-state index in [1.165, 1.54) is 0 Å². The van der Waals surface area contributed by atoms with Crippen molar-refractivity contribution < 1.29 is 19.4 Å². The molecule has 0 saturated carbocycles. The van der Waals surface area contributed by atoms with Crippen molar-refractivity contribution in [3.63, 3.8) is 0 Å². The molecular weight excluding hydrogens is 172 g/mol. The second kappa shape index (κ2) is 5.19. The maximum atomic E-state index is 10.9. The highest BCUT2D eigenvalue weighted by molar-refractivity contribution is 5.69. The van der Waals surface area contributed by atoms with E-state index in [0.29, 0.717) is 32.5 Å². The zero-order valence-electron chi connectivity index (χ0n) is 7.86. The minimum absolute atomic E-state index is 0.0159. The van der Waals surface area contributed by atoms with Gasteiger partial charge in [-0.15, -0.1) is 0 Å². The van der Waals surface area contributed by atoms with Gasteiger partial charge in [0.05, 0.1) is 19.3 Å². The number of hydrogen-bond acceptors (Lipinski definition) is 4. The summed E-state index contributed by atoms with van der Waals surface area (Å²) in [4.78, 5) is 10.9. The van der Waals surface area contributed by atoms with E-state index in [-0.39, 0.29) is 12.1 Å². The molecule has 1 aliphatic heterocycles. The van der Waals surface area contributed by atoms with E-state index in [4.69, 9.17) is 9.47 Å². The van der Waals surface area contributed by atoms with Crippen LogP contribution in [-0.2, 0) is 14.3 Å². The quantitative estimate of drug-likeness (QED) is 0.486. The third-order valence-corrected chi connectivity index (χ3v) is 1.97. The van der Waals surface area contributed by atoms with Crippen LogP contribution in [0.15, 0.2) is 0 Å². The van der Waals surface area contributed by atoms with Gasteiger partial charge in [-0.3, -0.25) is 4.79 Å². The summed E-state index contributed by atoms with van der Waals surface area (Å²) in [5.74, 6) is -0.189. The predicted molar refractivity (Wildman–Crippen MR) is 46.2 cm³/mol. The summed E-state index contributed by atoms with van der Waals surface area (Å²) >= 11 is 0. The van der Waals surface area contributed by atoms with Crippen LogP contribution in [0.4, 0.5) is 0 Å². The van der Waals surface area contributed by atoms with Crippen LogP contribution in [0.25, 0.3) is 0 Å². The Hall–Kier alpha value is -0.610. The molecule has 1 fully saturated rings. The van der Waals surface area contributed by atoms with Crippen LogP contribution >= 0.6 is 0 Å². The minimum Gasteiger partial charge on any atom is -0.466 e. The molecule has 1 N–H and O–H groups in total. The summed E-state index contributed by atoms with van der Waals surface area (Å²) in [6.07, 6.45) is 1.28. The number of carbonyl (C=O) groups excluding carboxylic acids is 1. The first-order valence-corrected chi connectivity index (χ1v) is 4.69. The molecule has 0 aromatic rings. The summed E-state index contributed by atoms with van der Waals surface area (Å²) in [6, 6.07) is 0. The zero-order chi connectivity index (χ0) is 9.68. The van der Waals surface area contributed by atoms with Crippen molar-refractivity contribution in [3.05, 3.63) is 0 Å². The average Bonchev–Trinajstić information content (AvgIpc) is 2.86. The maximum absolute atomic E-state index is 10.9. The molecule has 1 heterocycles. The highest BCUT2D eigenvalue weighted by atomic mass is 16.6. The number of aliphatic hydroxyl groups is 1. The molecule has 2 atom stereocenters. The summed E-state index contributed by atoms with van der Waals surface area (Å²) in [5.41, 5.74) is 0. The number of carbonyl (C=O) groups is 1. The molecule has 4 heteroatoms. The minimum atomic E-state index is -0.408. The van der Waals surface area contributed by atoms with Crippen molar-refractivity contribution in [2.75, 3.05) is 13.2 Å². The number of esters is 1. The Labute approximate surface area is 77.8 Å². The van der Waals surface area contributed by atoms with Gasteiger partial charge in [-0.25, -0.2) is 0 Å². The lowest BCUT2D eigenvalue weighted by Crippen LogP contribution is -2.15. The van der Waals surface area contributed by atoms with Gasteiger partial charge in [-0.05, 0) is 19.8 Å². The van der Waals surface area contributed by atoms with Crippen LogP contribution in [-0.4, -0.2) is 36.5 Å². The molecule has 0 aromatic heterocycles. The second-order valence-electron chi connectivity index (χ2n) is 3.14. The maximum Gasteiger partial charge on any atom is 0.305 e. The first-order chi connectivity index (χ1) is 6.24. The molecule has 4 nitrogen and oxygen atoms in total. The van der Waals surface area contributed by atoms with Gasteiger partial charge in [-0.1, -0.05) is 0 Å². The lowest BCUT2D eigenvalue weighted by molar-refractivity contribution is -0.143. The van der Waals surface area contributed by atoms with Gasteiger partial charge in [0, 0.05) is 6.42 Å². The van der Waals surface area contributed by atoms with Gasteiger partial charge in [0.2, 0.25) is 0 Å². The van der Waals surface area contributed by atoms with Crippen molar-refractivity contribution in [3.8, 4) is 0 Å². The molecule has 0 spiro atoms. The lowest BCUT2D eigenvalue weighted by Gasteiger charge is -2.06. The Bertz CT molecular complexity index is 165. The van der Waals surface area contributed by atoms with Gasteiger partial charge < -0.3 is 14.6 Å². The van der Waals surface area contributed by atoms with Gasteiger partial charge in [0.25, 0.3) is 0 Å². The monoisotopic (exact) mass is 188 g/mol. The number of epoxide rings is 1. The highest BCUT2D eigenvalue weighted by Crippen LogP contribution is 2.18. The molecule has 0 unspecified atom stereocenters. The van der Waals surface area contributed by atoms with E-state index < -0.39 is 6.10 Å². The van der Waals surface area contributed by atoms with Crippen molar-refractivity contribution in [2.45, 2.75) is 38.4 Å². The second-order valence-corrected chi connectivity index (χ2v) is 3.14. The average molecular weight is 188 g/mol. The fourth-order valence-corrected chi connectivity index (χ4v) is 1.15. The first-order valence-electron chi connectivity index (χ1n) is 4.69. The van der Waals surface area contributed by atoms with Crippen molar-refractivity contribution >= 4 is 5.97 Å². The van der Waals surface area contributed by atoms with Crippen LogP contribution in [0, 0.1) is 0 Å². The Morgan fingerprint density at radius 1 is 1.77 bits per heavy atom. The summed E-state index contributed by atoms with van der Waals surface area (Å²) in [5, 5.41) is 9.35. The fraction of sp³-hybridized carbons (Fsp3) is 0.889. The molecule has 0 aliphatic carbocycles. The molecule has 0 bridgehead atoms. The molecule has 1 aliphatic rings. The molecule has 1 saturated heterocycles. The number of ether oxygens (including phenoxy) is 2. The van der Waals surface area contributed by atoms with E-state index in [9.17, 15) is 9.90 Å². The fourth-order valence-electron chi connectivity index (χ4n) is 1.15. The zero-order valence-corrected chi connectivity index (χ0v) is 7.86. The summed E-state index contributed by atoms with van der Waals surface area (Å²) in [7, 11) is 0. The molecule has 0 amide bonds. The van der Waals surface area contributed by atoms with Gasteiger partial charge >= 0.3 is 5.97 Å². The lowest BCUT2D eigenvalue weighted by atomic mass is 10.1. The molecule has 1 rings (SSSR count). The molecule has 76 valence electrons. The molecule has 0 aromatic carbocycles. The third-order valence-electron chi connectivity index (χ3n) is 1.97. The largest absolute Gasteiger partial charge is 0.466 e. The first kappa shape index (κ1) is 10.5. The van der Waals surface area contributed by atoms with E-state index in [1.807, 2.05) is 0 Å². The summed E-state index contributed by atoms with van der Waals surface area (Å²) in [6.45, 7) is 2.86. The van der Waals surface area contributed by atoms with Crippen LogP contribution in [0.3, 0.4) is 0 Å². The van der Waals surface area contributed by atoms with Crippen LogP contribution in [0.5, 0.6) is 0 Å².